The normalized spacial score (nSPS) is 17.8. The third-order valence-corrected chi connectivity index (χ3v) is 2.09. The SMILES string of the molecule is C[C@@H](O)C[C@@](C)(O)c1ccccc1. The van der Waals surface area contributed by atoms with Gasteiger partial charge in [-0.3, -0.25) is 0 Å². The highest BCUT2D eigenvalue weighted by atomic mass is 16.3. The van der Waals surface area contributed by atoms with E-state index in [4.69, 9.17) is 0 Å². The lowest BCUT2D eigenvalue weighted by molar-refractivity contribution is 0.00565. The molecule has 2 heteroatoms. The third kappa shape index (κ3) is 2.83. The van der Waals surface area contributed by atoms with Crippen molar-refractivity contribution in [1.29, 1.82) is 0 Å². The van der Waals surface area contributed by atoms with Gasteiger partial charge < -0.3 is 10.2 Å². The molecule has 0 aliphatic heterocycles. The second kappa shape index (κ2) is 3.90. The molecule has 0 fully saturated rings. The van der Waals surface area contributed by atoms with Crippen LogP contribution in [0.4, 0.5) is 0 Å². The molecule has 72 valence electrons. The monoisotopic (exact) mass is 180 g/mol. The predicted octanol–water partition coefficient (Wildman–Crippen LogP) is 1.66. The number of hydrogen-bond acceptors (Lipinski definition) is 2. The highest BCUT2D eigenvalue weighted by molar-refractivity contribution is 5.21. The molecule has 0 heterocycles. The van der Waals surface area contributed by atoms with E-state index in [1.807, 2.05) is 30.3 Å². The largest absolute Gasteiger partial charge is 0.393 e. The first-order chi connectivity index (χ1) is 6.02. The highest BCUT2D eigenvalue weighted by Gasteiger charge is 2.24. The minimum absolute atomic E-state index is 0.358. The van der Waals surface area contributed by atoms with Crippen LogP contribution in [0.15, 0.2) is 30.3 Å². The first-order valence-corrected chi connectivity index (χ1v) is 4.48. The van der Waals surface area contributed by atoms with Gasteiger partial charge in [0.05, 0.1) is 11.7 Å². The zero-order valence-corrected chi connectivity index (χ0v) is 8.07. The second-order valence-electron chi connectivity index (χ2n) is 3.69. The van der Waals surface area contributed by atoms with Crippen molar-refractivity contribution in [2.24, 2.45) is 0 Å². The molecule has 0 saturated heterocycles. The third-order valence-electron chi connectivity index (χ3n) is 2.09. The Hall–Kier alpha value is -0.860. The summed E-state index contributed by atoms with van der Waals surface area (Å²) in [6, 6.07) is 9.39. The summed E-state index contributed by atoms with van der Waals surface area (Å²) in [4.78, 5) is 0. The fourth-order valence-corrected chi connectivity index (χ4v) is 1.49. The van der Waals surface area contributed by atoms with Gasteiger partial charge in [-0.2, -0.15) is 0 Å². The van der Waals surface area contributed by atoms with E-state index >= 15 is 0 Å². The van der Waals surface area contributed by atoms with E-state index in [1.54, 1.807) is 13.8 Å². The molecule has 2 N–H and O–H groups in total. The molecule has 0 aliphatic rings. The molecule has 0 bridgehead atoms. The Balaban J connectivity index is 2.81. The zero-order valence-electron chi connectivity index (χ0n) is 8.07. The van der Waals surface area contributed by atoms with Gasteiger partial charge in [0.25, 0.3) is 0 Å². The van der Waals surface area contributed by atoms with Gasteiger partial charge in [0, 0.05) is 6.42 Å². The summed E-state index contributed by atoms with van der Waals surface area (Å²) in [5.41, 5.74) is -0.0917. The average molecular weight is 180 g/mol. The van der Waals surface area contributed by atoms with Crippen LogP contribution in [-0.4, -0.2) is 16.3 Å². The van der Waals surface area contributed by atoms with Gasteiger partial charge in [0.2, 0.25) is 0 Å². The molecule has 1 aromatic carbocycles. The van der Waals surface area contributed by atoms with Crippen LogP contribution >= 0.6 is 0 Å². The molecule has 0 aromatic heterocycles. The minimum atomic E-state index is -0.935. The van der Waals surface area contributed by atoms with E-state index in [1.165, 1.54) is 0 Å². The topological polar surface area (TPSA) is 40.5 Å². The van der Waals surface area contributed by atoms with Crippen LogP contribution in [-0.2, 0) is 5.60 Å². The van der Waals surface area contributed by atoms with Crippen molar-refractivity contribution in [3.8, 4) is 0 Å². The van der Waals surface area contributed by atoms with Gasteiger partial charge >= 0.3 is 0 Å². The lowest BCUT2D eigenvalue weighted by Gasteiger charge is -2.25. The molecule has 2 atom stereocenters. The minimum Gasteiger partial charge on any atom is -0.393 e. The zero-order chi connectivity index (χ0) is 9.90. The molecule has 1 aromatic rings. The Labute approximate surface area is 78.8 Å². The van der Waals surface area contributed by atoms with E-state index in [-0.39, 0.29) is 0 Å². The predicted molar refractivity (Wildman–Crippen MR) is 52.3 cm³/mol. The fourth-order valence-electron chi connectivity index (χ4n) is 1.49. The van der Waals surface area contributed by atoms with Crippen LogP contribution < -0.4 is 0 Å². The van der Waals surface area contributed by atoms with Crippen LogP contribution in [0.1, 0.15) is 25.8 Å². The molecule has 0 amide bonds. The van der Waals surface area contributed by atoms with Crippen LogP contribution in [0.25, 0.3) is 0 Å². The van der Waals surface area contributed by atoms with Crippen LogP contribution in [0.5, 0.6) is 0 Å². The van der Waals surface area contributed by atoms with Crippen molar-refractivity contribution in [2.45, 2.75) is 32.0 Å². The lowest BCUT2D eigenvalue weighted by Crippen LogP contribution is -2.25. The molecular formula is C11H16O2. The van der Waals surface area contributed by atoms with E-state index < -0.39 is 11.7 Å². The fraction of sp³-hybridized carbons (Fsp3) is 0.455. The van der Waals surface area contributed by atoms with Crippen molar-refractivity contribution >= 4 is 0 Å². The summed E-state index contributed by atoms with van der Waals surface area (Å²) in [6.45, 7) is 3.40. The quantitative estimate of drug-likeness (QED) is 0.742. The van der Waals surface area contributed by atoms with Crippen molar-refractivity contribution in [1.82, 2.24) is 0 Å². The van der Waals surface area contributed by atoms with Gasteiger partial charge in [0.15, 0.2) is 0 Å². The van der Waals surface area contributed by atoms with Gasteiger partial charge in [-0.05, 0) is 19.4 Å². The van der Waals surface area contributed by atoms with Gasteiger partial charge in [-0.15, -0.1) is 0 Å². The summed E-state index contributed by atoms with van der Waals surface area (Å²) in [5, 5.41) is 19.2. The number of rotatable bonds is 3. The van der Waals surface area contributed by atoms with Gasteiger partial charge in [0.1, 0.15) is 0 Å². The van der Waals surface area contributed by atoms with E-state index in [0.29, 0.717) is 6.42 Å². The van der Waals surface area contributed by atoms with Crippen molar-refractivity contribution in [3.05, 3.63) is 35.9 Å². The summed E-state index contributed by atoms with van der Waals surface area (Å²) in [5.74, 6) is 0. The Morgan fingerprint density at radius 3 is 2.31 bits per heavy atom. The highest BCUT2D eigenvalue weighted by Crippen LogP contribution is 2.25. The first kappa shape index (κ1) is 10.2. The number of aliphatic hydroxyl groups is 2. The molecule has 0 spiro atoms. The standard InChI is InChI=1S/C11H16O2/c1-9(12)8-11(2,13)10-6-4-3-5-7-10/h3-7,9,12-13H,8H2,1-2H3/t9-,11-/m1/s1. The van der Waals surface area contributed by atoms with E-state index in [2.05, 4.69) is 0 Å². The Kier molecular flexibility index (Phi) is 3.07. The maximum atomic E-state index is 10.00. The lowest BCUT2D eigenvalue weighted by atomic mass is 9.90. The first-order valence-electron chi connectivity index (χ1n) is 4.48. The van der Waals surface area contributed by atoms with Crippen molar-refractivity contribution in [2.75, 3.05) is 0 Å². The average Bonchev–Trinajstić information content (AvgIpc) is 2.04. The molecule has 1 rings (SSSR count). The summed E-state index contributed by atoms with van der Waals surface area (Å²) >= 11 is 0. The molecule has 0 aliphatic carbocycles. The second-order valence-corrected chi connectivity index (χ2v) is 3.69. The van der Waals surface area contributed by atoms with Crippen LogP contribution in [0, 0.1) is 0 Å². The Morgan fingerprint density at radius 2 is 1.85 bits per heavy atom. The summed E-state index contributed by atoms with van der Waals surface area (Å²) in [6.07, 6.45) is -0.132. The van der Waals surface area contributed by atoms with Crippen molar-refractivity contribution < 1.29 is 10.2 Å². The molecule has 2 nitrogen and oxygen atoms in total. The molecule has 0 saturated carbocycles. The van der Waals surface area contributed by atoms with Gasteiger partial charge in [-0.25, -0.2) is 0 Å². The maximum absolute atomic E-state index is 10.00. The molecular weight excluding hydrogens is 164 g/mol. The van der Waals surface area contributed by atoms with Crippen LogP contribution in [0.3, 0.4) is 0 Å². The van der Waals surface area contributed by atoms with E-state index in [9.17, 15) is 10.2 Å². The smallest absolute Gasteiger partial charge is 0.0893 e. The van der Waals surface area contributed by atoms with Crippen molar-refractivity contribution in [3.63, 3.8) is 0 Å². The number of aliphatic hydroxyl groups excluding tert-OH is 1. The van der Waals surface area contributed by atoms with E-state index in [0.717, 1.165) is 5.56 Å². The maximum Gasteiger partial charge on any atom is 0.0893 e. The number of hydrogen-bond donors (Lipinski definition) is 2. The Bertz CT molecular complexity index is 252. The Morgan fingerprint density at radius 1 is 1.31 bits per heavy atom. The molecule has 13 heavy (non-hydrogen) atoms. The van der Waals surface area contributed by atoms with Crippen LogP contribution in [0.2, 0.25) is 0 Å². The summed E-state index contributed by atoms with van der Waals surface area (Å²) < 4.78 is 0. The molecule has 0 unspecified atom stereocenters. The number of benzene rings is 1. The summed E-state index contributed by atoms with van der Waals surface area (Å²) in [7, 11) is 0. The molecule has 0 radical (unpaired) electrons. The van der Waals surface area contributed by atoms with Gasteiger partial charge in [-0.1, -0.05) is 30.3 Å².